The van der Waals surface area contributed by atoms with E-state index < -0.39 is 11.7 Å². The van der Waals surface area contributed by atoms with Gasteiger partial charge < -0.3 is 24.5 Å². The average Bonchev–Trinajstić information content (AvgIpc) is 3.25. The molecule has 4 aromatic rings. The number of benzene rings is 2. The Morgan fingerprint density at radius 1 is 1.06 bits per heavy atom. The summed E-state index contributed by atoms with van der Waals surface area (Å²) in [5.41, 5.74) is 1.39. The van der Waals surface area contributed by atoms with Crippen molar-refractivity contribution < 1.29 is 27.8 Å². The summed E-state index contributed by atoms with van der Waals surface area (Å²) in [6.45, 7) is 0.889. The molecule has 184 valence electrons. The Morgan fingerprint density at radius 2 is 1.89 bits per heavy atom. The van der Waals surface area contributed by atoms with Crippen LogP contribution in [0.1, 0.15) is 11.1 Å². The molecule has 11 heteroatoms. The molecule has 0 atom stereocenters. The second-order valence-corrected chi connectivity index (χ2v) is 7.92. The van der Waals surface area contributed by atoms with Crippen LogP contribution in [-0.4, -0.2) is 39.5 Å². The quantitative estimate of drug-likeness (QED) is 0.279. The van der Waals surface area contributed by atoms with Gasteiger partial charge in [-0.25, -0.2) is 9.97 Å². The van der Waals surface area contributed by atoms with Crippen molar-refractivity contribution in [1.29, 1.82) is 0 Å². The summed E-state index contributed by atoms with van der Waals surface area (Å²) in [5.74, 6) is 0.803. The van der Waals surface area contributed by atoms with Crippen LogP contribution in [0.5, 0.6) is 5.75 Å². The normalized spacial score (nSPS) is 11.7. The van der Waals surface area contributed by atoms with Gasteiger partial charge in [0.2, 0.25) is 0 Å². The van der Waals surface area contributed by atoms with Crippen LogP contribution in [0.15, 0.2) is 61.1 Å². The molecule has 0 aliphatic carbocycles. The molecule has 0 radical (unpaired) electrons. The minimum atomic E-state index is -4.47. The number of rotatable bonds is 10. The van der Waals surface area contributed by atoms with Gasteiger partial charge in [-0.3, -0.25) is 0 Å². The third-order valence-electron chi connectivity index (χ3n) is 5.16. The molecule has 4 rings (SSSR count). The van der Waals surface area contributed by atoms with Crippen molar-refractivity contribution in [1.82, 2.24) is 14.5 Å². The number of halogens is 4. The molecule has 0 amide bonds. The van der Waals surface area contributed by atoms with Gasteiger partial charge in [0.1, 0.15) is 24.2 Å². The van der Waals surface area contributed by atoms with E-state index in [1.54, 1.807) is 18.2 Å². The zero-order chi connectivity index (χ0) is 24.8. The molecular formula is C24H22ClF3N4O3. The molecule has 2 aromatic heterocycles. The van der Waals surface area contributed by atoms with Gasteiger partial charge >= 0.3 is 6.18 Å². The molecule has 0 saturated carbocycles. The van der Waals surface area contributed by atoms with E-state index in [9.17, 15) is 13.2 Å². The van der Waals surface area contributed by atoms with Crippen LogP contribution in [0.4, 0.5) is 24.7 Å². The summed E-state index contributed by atoms with van der Waals surface area (Å²) in [6.07, 6.45) is -1.16. The number of aliphatic hydroxyl groups excluding tert-OH is 1. The Labute approximate surface area is 204 Å². The zero-order valence-corrected chi connectivity index (χ0v) is 19.2. The predicted octanol–water partition coefficient (Wildman–Crippen LogP) is 5.44. The fraction of sp³-hybridized carbons (Fsp3) is 0.250. The fourth-order valence-electron chi connectivity index (χ4n) is 3.55. The Balaban J connectivity index is 1.49. The molecule has 0 fully saturated rings. The van der Waals surface area contributed by atoms with Crippen LogP contribution in [0, 0.1) is 0 Å². The predicted molar refractivity (Wildman–Crippen MR) is 126 cm³/mol. The maximum absolute atomic E-state index is 13.2. The molecule has 0 spiro atoms. The number of aliphatic hydroxyl groups is 1. The standard InChI is InChI=1S/C24H22ClF3N4O3/c25-19-13-17(5-6-21(19)35-14-16-3-1-2-4-18(16)24(26,27)28)31-23-22-20(29-15-30-23)7-8-32(22)9-11-34-12-10-33/h1-8,13,15,33H,9-12,14H2,(H,29,30,31). The summed E-state index contributed by atoms with van der Waals surface area (Å²) >= 11 is 6.36. The monoisotopic (exact) mass is 506 g/mol. The molecule has 0 bridgehead atoms. The second kappa shape index (κ2) is 10.9. The van der Waals surface area contributed by atoms with Crippen LogP contribution in [-0.2, 0) is 24.1 Å². The summed E-state index contributed by atoms with van der Waals surface area (Å²) < 4.78 is 52.5. The lowest BCUT2D eigenvalue weighted by Gasteiger charge is -2.15. The Morgan fingerprint density at radius 3 is 2.66 bits per heavy atom. The van der Waals surface area contributed by atoms with Crippen LogP contribution >= 0.6 is 11.6 Å². The first kappa shape index (κ1) is 24.8. The van der Waals surface area contributed by atoms with E-state index >= 15 is 0 Å². The van der Waals surface area contributed by atoms with Gasteiger partial charge in [-0.1, -0.05) is 29.8 Å². The number of hydrogen-bond donors (Lipinski definition) is 2. The van der Waals surface area contributed by atoms with Gasteiger partial charge in [0.25, 0.3) is 0 Å². The average molecular weight is 507 g/mol. The highest BCUT2D eigenvalue weighted by Gasteiger charge is 2.33. The number of hydrogen-bond acceptors (Lipinski definition) is 6. The van der Waals surface area contributed by atoms with Crippen LogP contribution in [0.2, 0.25) is 5.02 Å². The molecule has 2 N–H and O–H groups in total. The SMILES string of the molecule is OCCOCCn1ccc2ncnc(Nc3ccc(OCc4ccccc4C(F)(F)F)c(Cl)c3)c21. The molecule has 0 unspecified atom stereocenters. The van der Waals surface area contributed by atoms with Gasteiger partial charge in [0, 0.05) is 24.0 Å². The zero-order valence-electron chi connectivity index (χ0n) is 18.4. The third kappa shape index (κ3) is 6.02. The number of ether oxygens (including phenoxy) is 2. The van der Waals surface area contributed by atoms with E-state index in [0.717, 1.165) is 17.1 Å². The van der Waals surface area contributed by atoms with E-state index in [1.165, 1.54) is 24.5 Å². The van der Waals surface area contributed by atoms with Crippen molar-refractivity contribution in [2.75, 3.05) is 25.1 Å². The molecular weight excluding hydrogens is 485 g/mol. The molecule has 0 aliphatic rings. The molecule has 2 aromatic carbocycles. The number of nitrogens with zero attached hydrogens (tertiary/aromatic N) is 3. The van der Waals surface area contributed by atoms with Gasteiger partial charge in [-0.15, -0.1) is 0 Å². The Bertz CT molecular complexity index is 1300. The molecule has 2 heterocycles. The van der Waals surface area contributed by atoms with Crippen LogP contribution in [0.3, 0.4) is 0 Å². The van der Waals surface area contributed by atoms with Crippen molar-refractivity contribution in [2.45, 2.75) is 19.3 Å². The van der Waals surface area contributed by atoms with E-state index in [1.807, 2.05) is 16.8 Å². The summed E-state index contributed by atoms with van der Waals surface area (Å²) in [7, 11) is 0. The number of aromatic nitrogens is 3. The van der Waals surface area contributed by atoms with E-state index in [-0.39, 0.29) is 36.2 Å². The van der Waals surface area contributed by atoms with Gasteiger partial charge in [-0.05, 0) is 30.3 Å². The highest BCUT2D eigenvalue weighted by Crippen LogP contribution is 2.34. The lowest BCUT2D eigenvalue weighted by molar-refractivity contribution is -0.138. The largest absolute Gasteiger partial charge is 0.487 e. The Kier molecular flexibility index (Phi) is 7.74. The highest BCUT2D eigenvalue weighted by atomic mass is 35.5. The number of alkyl halides is 3. The maximum Gasteiger partial charge on any atom is 0.416 e. The molecule has 35 heavy (non-hydrogen) atoms. The minimum Gasteiger partial charge on any atom is -0.487 e. The van der Waals surface area contributed by atoms with Gasteiger partial charge in [-0.2, -0.15) is 13.2 Å². The fourth-order valence-corrected chi connectivity index (χ4v) is 3.79. The van der Waals surface area contributed by atoms with Crippen molar-refractivity contribution in [3.05, 3.63) is 77.2 Å². The Hall–Kier alpha value is -3.34. The summed E-state index contributed by atoms with van der Waals surface area (Å²) in [6, 6.07) is 12.0. The van der Waals surface area contributed by atoms with Crippen LogP contribution < -0.4 is 10.1 Å². The number of fused-ring (bicyclic) bond motifs is 1. The summed E-state index contributed by atoms with van der Waals surface area (Å²) in [5, 5.41) is 12.3. The molecule has 0 aliphatic heterocycles. The summed E-state index contributed by atoms with van der Waals surface area (Å²) in [4.78, 5) is 8.61. The van der Waals surface area contributed by atoms with Crippen molar-refractivity contribution in [2.24, 2.45) is 0 Å². The van der Waals surface area contributed by atoms with E-state index in [0.29, 0.717) is 24.7 Å². The van der Waals surface area contributed by atoms with Crippen LogP contribution in [0.25, 0.3) is 11.0 Å². The van der Waals surface area contributed by atoms with E-state index in [4.69, 9.17) is 26.2 Å². The first-order valence-electron chi connectivity index (χ1n) is 10.7. The smallest absolute Gasteiger partial charge is 0.416 e. The van der Waals surface area contributed by atoms with Crippen molar-refractivity contribution in [3.8, 4) is 5.75 Å². The second-order valence-electron chi connectivity index (χ2n) is 7.52. The number of nitrogens with one attached hydrogen (secondary N) is 1. The number of anilines is 2. The topological polar surface area (TPSA) is 81.4 Å². The highest BCUT2D eigenvalue weighted by molar-refractivity contribution is 6.32. The minimum absolute atomic E-state index is 0.0189. The maximum atomic E-state index is 13.2. The molecule has 7 nitrogen and oxygen atoms in total. The van der Waals surface area contributed by atoms with E-state index in [2.05, 4.69) is 15.3 Å². The lowest BCUT2D eigenvalue weighted by atomic mass is 10.1. The van der Waals surface area contributed by atoms with Gasteiger partial charge in [0.15, 0.2) is 5.82 Å². The molecule has 0 saturated heterocycles. The first-order valence-corrected chi connectivity index (χ1v) is 11.1. The lowest BCUT2D eigenvalue weighted by Crippen LogP contribution is -2.10. The van der Waals surface area contributed by atoms with Gasteiger partial charge in [0.05, 0.1) is 35.9 Å². The van der Waals surface area contributed by atoms with Crippen molar-refractivity contribution >= 4 is 34.1 Å². The third-order valence-corrected chi connectivity index (χ3v) is 5.46. The first-order chi connectivity index (χ1) is 16.9. The van der Waals surface area contributed by atoms with Crippen molar-refractivity contribution in [3.63, 3.8) is 0 Å².